The highest BCUT2D eigenvalue weighted by molar-refractivity contribution is 7.10. The van der Waals surface area contributed by atoms with Gasteiger partial charge in [0, 0.05) is 16.5 Å². The minimum absolute atomic E-state index is 0.154. The normalized spacial score (nSPS) is 12.2. The second-order valence-electron chi connectivity index (χ2n) is 4.57. The van der Waals surface area contributed by atoms with E-state index in [0.29, 0.717) is 0 Å². The average Bonchev–Trinajstić information content (AvgIpc) is 2.90. The minimum Gasteiger partial charge on any atom is -0.497 e. The molecule has 1 atom stereocenters. The van der Waals surface area contributed by atoms with Crippen LogP contribution in [0.15, 0.2) is 29.6 Å². The lowest BCUT2D eigenvalue weighted by Crippen LogP contribution is -2.22. The Morgan fingerprint density at radius 2 is 2.00 bits per heavy atom. The summed E-state index contributed by atoms with van der Waals surface area (Å²) in [6, 6.07) is 8.29. The highest BCUT2D eigenvalue weighted by atomic mass is 32.1. The second-order valence-corrected chi connectivity index (χ2v) is 5.51. The third-order valence-electron chi connectivity index (χ3n) is 3.32. The molecule has 1 aromatic carbocycles. The van der Waals surface area contributed by atoms with Crippen molar-refractivity contribution in [3.8, 4) is 11.5 Å². The van der Waals surface area contributed by atoms with Crippen LogP contribution in [0.1, 0.15) is 29.0 Å². The molecule has 0 radical (unpaired) electrons. The van der Waals surface area contributed by atoms with Crippen molar-refractivity contribution >= 4 is 11.3 Å². The van der Waals surface area contributed by atoms with Gasteiger partial charge in [0.25, 0.3) is 0 Å². The van der Waals surface area contributed by atoms with Gasteiger partial charge in [-0.2, -0.15) is 0 Å². The zero-order valence-corrected chi connectivity index (χ0v) is 13.2. The van der Waals surface area contributed by atoms with Crippen molar-refractivity contribution in [3.63, 3.8) is 0 Å². The first-order valence-electron chi connectivity index (χ1n) is 6.70. The summed E-state index contributed by atoms with van der Waals surface area (Å²) in [5.41, 5.74) is 2.44. The van der Waals surface area contributed by atoms with Crippen LogP contribution >= 0.6 is 11.3 Å². The molecule has 0 bridgehead atoms. The fourth-order valence-corrected chi connectivity index (χ4v) is 3.30. The summed E-state index contributed by atoms with van der Waals surface area (Å²) in [6.07, 6.45) is 0. The third-order valence-corrected chi connectivity index (χ3v) is 4.41. The van der Waals surface area contributed by atoms with Gasteiger partial charge in [0.05, 0.1) is 20.3 Å². The lowest BCUT2D eigenvalue weighted by molar-refractivity contribution is 0.388. The van der Waals surface area contributed by atoms with Gasteiger partial charge in [-0.3, -0.25) is 0 Å². The van der Waals surface area contributed by atoms with Crippen LogP contribution in [0, 0.1) is 6.92 Å². The fraction of sp³-hybridized carbons (Fsp3) is 0.375. The zero-order chi connectivity index (χ0) is 14.5. The molecule has 2 aromatic rings. The van der Waals surface area contributed by atoms with Crippen LogP contribution in [0.25, 0.3) is 0 Å². The van der Waals surface area contributed by atoms with Gasteiger partial charge < -0.3 is 14.8 Å². The molecule has 3 nitrogen and oxygen atoms in total. The molecule has 1 N–H and O–H groups in total. The van der Waals surface area contributed by atoms with Gasteiger partial charge in [0.1, 0.15) is 11.5 Å². The molecule has 0 aliphatic heterocycles. The van der Waals surface area contributed by atoms with Crippen LogP contribution in [-0.2, 0) is 0 Å². The maximum atomic E-state index is 5.54. The lowest BCUT2D eigenvalue weighted by atomic mass is 10.0. The van der Waals surface area contributed by atoms with Crippen LogP contribution in [-0.4, -0.2) is 20.8 Å². The van der Waals surface area contributed by atoms with Crippen molar-refractivity contribution in [1.82, 2.24) is 5.32 Å². The molecule has 1 heterocycles. The van der Waals surface area contributed by atoms with Crippen molar-refractivity contribution in [2.45, 2.75) is 19.9 Å². The molecule has 0 spiro atoms. The monoisotopic (exact) mass is 291 g/mol. The van der Waals surface area contributed by atoms with E-state index < -0.39 is 0 Å². The van der Waals surface area contributed by atoms with E-state index in [1.54, 1.807) is 25.6 Å². The summed E-state index contributed by atoms with van der Waals surface area (Å²) in [5, 5.41) is 5.67. The Balaban J connectivity index is 2.46. The first-order chi connectivity index (χ1) is 9.71. The van der Waals surface area contributed by atoms with E-state index in [9.17, 15) is 0 Å². The molecule has 108 valence electrons. The van der Waals surface area contributed by atoms with Gasteiger partial charge in [0.15, 0.2) is 0 Å². The molecule has 2 rings (SSSR count). The number of rotatable bonds is 6. The topological polar surface area (TPSA) is 30.5 Å². The van der Waals surface area contributed by atoms with Gasteiger partial charge in [-0.1, -0.05) is 6.92 Å². The van der Waals surface area contributed by atoms with Crippen molar-refractivity contribution in [2.75, 3.05) is 20.8 Å². The molecule has 1 unspecified atom stereocenters. The molecule has 0 saturated carbocycles. The Hall–Kier alpha value is -1.52. The molecule has 0 aliphatic rings. The summed E-state index contributed by atoms with van der Waals surface area (Å²) in [6.45, 7) is 5.16. The summed E-state index contributed by atoms with van der Waals surface area (Å²) in [4.78, 5) is 1.33. The predicted octanol–water partition coefficient (Wildman–Crippen LogP) is 3.77. The number of nitrogens with one attached hydrogen (secondary N) is 1. The van der Waals surface area contributed by atoms with Gasteiger partial charge in [0.2, 0.25) is 0 Å². The second kappa shape index (κ2) is 6.77. The van der Waals surface area contributed by atoms with Gasteiger partial charge in [-0.15, -0.1) is 11.3 Å². The Morgan fingerprint density at radius 1 is 1.20 bits per heavy atom. The number of hydrogen-bond donors (Lipinski definition) is 1. The number of thiophene rings is 1. The molecule has 4 heteroatoms. The Labute approximate surface area is 124 Å². The maximum Gasteiger partial charge on any atom is 0.127 e. The molecule has 1 aromatic heterocycles. The number of hydrogen-bond acceptors (Lipinski definition) is 4. The lowest BCUT2D eigenvalue weighted by Gasteiger charge is -2.21. The van der Waals surface area contributed by atoms with Crippen molar-refractivity contribution in [2.24, 2.45) is 0 Å². The van der Waals surface area contributed by atoms with Crippen LogP contribution in [0.2, 0.25) is 0 Å². The molecular formula is C16H21NO2S. The van der Waals surface area contributed by atoms with Crippen molar-refractivity contribution in [3.05, 3.63) is 45.6 Å². The smallest absolute Gasteiger partial charge is 0.127 e. The first-order valence-corrected chi connectivity index (χ1v) is 7.58. The van der Waals surface area contributed by atoms with E-state index in [4.69, 9.17) is 9.47 Å². The van der Waals surface area contributed by atoms with Crippen LogP contribution in [0.5, 0.6) is 11.5 Å². The summed E-state index contributed by atoms with van der Waals surface area (Å²) >= 11 is 1.77. The van der Waals surface area contributed by atoms with E-state index in [0.717, 1.165) is 23.6 Å². The van der Waals surface area contributed by atoms with E-state index in [1.165, 1.54) is 10.4 Å². The van der Waals surface area contributed by atoms with Crippen molar-refractivity contribution < 1.29 is 9.47 Å². The Kier molecular flexibility index (Phi) is 5.04. The fourth-order valence-electron chi connectivity index (χ4n) is 2.29. The largest absolute Gasteiger partial charge is 0.497 e. The molecule has 0 saturated heterocycles. The molecule has 20 heavy (non-hydrogen) atoms. The van der Waals surface area contributed by atoms with E-state index in [-0.39, 0.29) is 6.04 Å². The third kappa shape index (κ3) is 2.97. The first kappa shape index (κ1) is 14.9. The van der Waals surface area contributed by atoms with Crippen molar-refractivity contribution in [1.29, 1.82) is 0 Å². The van der Waals surface area contributed by atoms with E-state index >= 15 is 0 Å². The molecule has 0 amide bonds. The van der Waals surface area contributed by atoms with Gasteiger partial charge in [-0.05, 0) is 42.6 Å². The predicted molar refractivity (Wildman–Crippen MR) is 84.1 cm³/mol. The average molecular weight is 291 g/mol. The standard InChI is InChI=1S/C16H21NO2S/c1-5-17-15(16-11(2)8-9-20-16)13-7-6-12(18-3)10-14(13)19-4/h6-10,15,17H,5H2,1-4H3. The van der Waals surface area contributed by atoms with E-state index in [1.807, 2.05) is 12.1 Å². The van der Waals surface area contributed by atoms with E-state index in [2.05, 4.69) is 36.7 Å². The number of methoxy groups -OCH3 is 2. The number of aryl methyl sites for hydroxylation is 1. The SMILES string of the molecule is CCNC(c1ccc(OC)cc1OC)c1sccc1C. The number of benzene rings is 1. The number of ether oxygens (including phenoxy) is 2. The maximum absolute atomic E-state index is 5.54. The van der Waals surface area contributed by atoms with Crippen LogP contribution in [0.3, 0.4) is 0 Å². The highest BCUT2D eigenvalue weighted by Crippen LogP contribution is 2.36. The highest BCUT2D eigenvalue weighted by Gasteiger charge is 2.20. The van der Waals surface area contributed by atoms with Gasteiger partial charge in [-0.25, -0.2) is 0 Å². The quantitative estimate of drug-likeness (QED) is 0.878. The Bertz CT molecular complexity index is 565. The van der Waals surface area contributed by atoms with Crippen LogP contribution < -0.4 is 14.8 Å². The minimum atomic E-state index is 0.154. The van der Waals surface area contributed by atoms with Gasteiger partial charge >= 0.3 is 0 Å². The molecule has 0 fully saturated rings. The summed E-state index contributed by atoms with van der Waals surface area (Å²) < 4.78 is 10.8. The Morgan fingerprint density at radius 3 is 2.55 bits per heavy atom. The zero-order valence-electron chi connectivity index (χ0n) is 12.4. The molecule has 0 aliphatic carbocycles. The molecular weight excluding hydrogens is 270 g/mol. The summed E-state index contributed by atoms with van der Waals surface area (Å²) in [7, 11) is 3.36. The van der Waals surface area contributed by atoms with Crippen LogP contribution in [0.4, 0.5) is 0 Å². The summed E-state index contributed by atoms with van der Waals surface area (Å²) in [5.74, 6) is 1.66.